The van der Waals surface area contributed by atoms with E-state index in [0.29, 0.717) is 34.3 Å². The number of nitrogens with zero attached hydrogens (tertiary/aromatic N) is 5. The zero-order valence-electron chi connectivity index (χ0n) is 19.8. The first-order valence-electron chi connectivity index (χ1n) is 10.9. The number of alkyl halides is 1. The van der Waals surface area contributed by atoms with Crippen LogP contribution >= 0.6 is 12.8 Å². The maximum absolute atomic E-state index is 14.3. The van der Waals surface area contributed by atoms with E-state index in [1.807, 2.05) is 0 Å². The Hall–Kier alpha value is -3.62. The quantitative estimate of drug-likeness (QED) is 0.345. The van der Waals surface area contributed by atoms with E-state index in [4.69, 9.17) is 14.2 Å². The largest absolute Gasteiger partial charge is 0.493 e. The summed E-state index contributed by atoms with van der Waals surface area (Å²) in [5.41, 5.74) is 1.39. The predicted molar refractivity (Wildman–Crippen MR) is 133 cm³/mol. The minimum atomic E-state index is -1.44. The monoisotopic (exact) mass is 519 g/mol. The lowest BCUT2D eigenvalue weighted by atomic mass is 10.0. The summed E-state index contributed by atoms with van der Waals surface area (Å²) in [4.78, 5) is 25.8. The van der Waals surface area contributed by atoms with Gasteiger partial charge >= 0.3 is 6.03 Å². The van der Waals surface area contributed by atoms with Crippen LogP contribution in [0.4, 0.5) is 26.5 Å². The van der Waals surface area contributed by atoms with Gasteiger partial charge in [-0.05, 0) is 18.6 Å². The molecule has 0 bridgehead atoms. The number of piperidine rings is 1. The van der Waals surface area contributed by atoms with Gasteiger partial charge in [0.25, 0.3) is 0 Å². The van der Waals surface area contributed by atoms with Crippen LogP contribution in [0.5, 0.6) is 17.2 Å². The van der Waals surface area contributed by atoms with E-state index >= 15 is 0 Å². The number of rotatable bonds is 7. The van der Waals surface area contributed by atoms with E-state index < -0.39 is 18.2 Å². The highest BCUT2D eigenvalue weighted by Gasteiger charge is 2.34. The van der Waals surface area contributed by atoms with Crippen LogP contribution in [0.3, 0.4) is 0 Å². The number of pyridine rings is 1. The number of hydrogen-bond donors (Lipinski definition) is 4. The number of fused-ring (bicyclic) bond motifs is 1. The molecule has 1 aliphatic rings. The summed E-state index contributed by atoms with van der Waals surface area (Å²) in [6.07, 6.45) is 0.336. The van der Waals surface area contributed by atoms with Crippen molar-refractivity contribution in [3.05, 3.63) is 30.5 Å². The lowest BCUT2D eigenvalue weighted by Crippen LogP contribution is -2.51. The molecule has 1 fully saturated rings. The van der Waals surface area contributed by atoms with Crippen molar-refractivity contribution in [2.75, 3.05) is 45.1 Å². The van der Waals surface area contributed by atoms with Crippen LogP contribution in [0, 0.1) is 0 Å². The first-order valence-corrected chi connectivity index (χ1v) is 11.3. The minimum Gasteiger partial charge on any atom is -0.493 e. The fourth-order valence-electron chi connectivity index (χ4n) is 3.80. The molecule has 1 aromatic carbocycles. The molecule has 4 rings (SSSR count). The molecule has 1 aliphatic heterocycles. The summed E-state index contributed by atoms with van der Waals surface area (Å²) in [6, 6.07) is 5.22. The second-order valence-corrected chi connectivity index (χ2v) is 8.32. The number of nitrogens with one attached hydrogen (secondary N) is 2. The zero-order chi connectivity index (χ0) is 25.8. The highest BCUT2D eigenvalue weighted by Crippen LogP contribution is 2.40. The Labute approximate surface area is 211 Å². The van der Waals surface area contributed by atoms with Gasteiger partial charge in [-0.3, -0.25) is 9.62 Å². The van der Waals surface area contributed by atoms with Gasteiger partial charge in [0, 0.05) is 24.4 Å². The molecular weight excluding hydrogens is 493 g/mol. The van der Waals surface area contributed by atoms with Crippen molar-refractivity contribution >= 4 is 47.3 Å². The fourth-order valence-corrected chi connectivity index (χ4v) is 4.11. The van der Waals surface area contributed by atoms with Crippen molar-refractivity contribution in [1.29, 1.82) is 0 Å². The molecule has 1 saturated heterocycles. The molecule has 12 nitrogen and oxygen atoms in total. The van der Waals surface area contributed by atoms with Crippen molar-refractivity contribution in [3.8, 4) is 17.2 Å². The Morgan fingerprint density at radius 2 is 1.86 bits per heavy atom. The van der Waals surface area contributed by atoms with Crippen molar-refractivity contribution in [2.24, 2.45) is 0 Å². The van der Waals surface area contributed by atoms with Crippen molar-refractivity contribution in [3.63, 3.8) is 0 Å². The number of urea groups is 1. The molecule has 3 heterocycles. The summed E-state index contributed by atoms with van der Waals surface area (Å²) in [5.74, 6) is 1.97. The van der Waals surface area contributed by atoms with Gasteiger partial charge < -0.3 is 24.7 Å². The predicted octanol–water partition coefficient (Wildman–Crippen LogP) is 3.27. The maximum Gasteiger partial charge on any atom is 0.333 e. The highest BCUT2D eigenvalue weighted by atomic mass is 32.1. The van der Waals surface area contributed by atoms with Crippen molar-refractivity contribution < 1.29 is 28.6 Å². The van der Waals surface area contributed by atoms with Crippen LogP contribution in [0.1, 0.15) is 6.42 Å². The second kappa shape index (κ2) is 11.0. The van der Waals surface area contributed by atoms with E-state index in [2.05, 4.69) is 38.4 Å². The number of benzene rings is 1. The molecule has 3 N–H and O–H groups in total. The van der Waals surface area contributed by atoms with Gasteiger partial charge in [0.05, 0.1) is 40.1 Å². The summed E-state index contributed by atoms with van der Waals surface area (Å²) in [7, 11) is 4.56. The number of carbonyl (C=O) groups is 1. The number of halogens is 1. The molecule has 0 radical (unpaired) electrons. The minimum absolute atomic E-state index is 0.194. The number of hydroxylamine groups is 2. The summed E-state index contributed by atoms with van der Waals surface area (Å²) < 4.78 is 31.4. The highest BCUT2D eigenvalue weighted by molar-refractivity contribution is 7.78. The molecule has 0 saturated carbocycles. The van der Waals surface area contributed by atoms with Gasteiger partial charge in [0.15, 0.2) is 23.0 Å². The van der Waals surface area contributed by atoms with E-state index in [9.17, 15) is 14.4 Å². The van der Waals surface area contributed by atoms with Crippen LogP contribution in [0.25, 0.3) is 11.2 Å². The standard InChI is InChI=1S/C22H26FN7O5S/c1-33-16-8-12(9-17(34-2)20(16)35-3)25-19-10-24-14-4-5-18(26-21(14)27-19)28-22(31)30(36)15-6-7-29(32)11-13(15)23/h4-5,8-10,13,15,32,36H,6-7,11H2,1-3H3,(H2,25,26,27,28,31). The molecule has 2 aromatic heterocycles. The Morgan fingerprint density at radius 1 is 1.17 bits per heavy atom. The molecule has 2 unspecified atom stereocenters. The number of ether oxygens (including phenoxy) is 3. The number of carbonyl (C=O) groups excluding carboxylic acids is 1. The number of amides is 2. The lowest BCUT2D eigenvalue weighted by molar-refractivity contribution is -0.129. The normalized spacial score (nSPS) is 17.9. The summed E-state index contributed by atoms with van der Waals surface area (Å²) in [6.45, 7) is 0.0432. The Balaban J connectivity index is 1.52. The fraction of sp³-hybridized carbons (Fsp3) is 0.364. The van der Waals surface area contributed by atoms with Crippen LogP contribution in [0.2, 0.25) is 0 Å². The molecule has 2 atom stereocenters. The van der Waals surface area contributed by atoms with Crippen LogP contribution < -0.4 is 24.8 Å². The second-order valence-electron chi connectivity index (χ2n) is 7.89. The topological polar surface area (TPSA) is 134 Å². The summed E-state index contributed by atoms with van der Waals surface area (Å²) in [5, 5.41) is 16.1. The third-order valence-corrected chi connectivity index (χ3v) is 6.07. The number of thiol groups is 1. The van der Waals surface area contributed by atoms with Crippen molar-refractivity contribution in [1.82, 2.24) is 24.3 Å². The summed E-state index contributed by atoms with van der Waals surface area (Å²) >= 11 is 4.17. The van der Waals surface area contributed by atoms with Gasteiger partial charge in [-0.15, -0.1) is 0 Å². The zero-order valence-corrected chi connectivity index (χ0v) is 20.7. The van der Waals surface area contributed by atoms with Crippen LogP contribution in [-0.4, -0.2) is 82.2 Å². The SMILES string of the molecule is COc1cc(Nc2cnc3ccc(NC(=O)N(S)C4CCN(O)CC4F)nc3n2)cc(OC)c1OC. The third kappa shape index (κ3) is 5.45. The smallest absolute Gasteiger partial charge is 0.333 e. The van der Waals surface area contributed by atoms with Crippen LogP contribution in [-0.2, 0) is 0 Å². The van der Waals surface area contributed by atoms with Gasteiger partial charge in [0.1, 0.15) is 17.5 Å². The third-order valence-electron chi connectivity index (χ3n) is 5.59. The number of anilines is 3. The molecule has 14 heteroatoms. The van der Waals surface area contributed by atoms with Gasteiger partial charge in [-0.1, -0.05) is 12.8 Å². The van der Waals surface area contributed by atoms with E-state index in [0.717, 1.165) is 9.37 Å². The number of methoxy groups -OCH3 is 3. The molecule has 2 amide bonds. The average Bonchev–Trinajstić information content (AvgIpc) is 2.87. The number of hydrogen-bond acceptors (Lipinski definition) is 11. The molecular formula is C22H26FN7O5S. The van der Waals surface area contributed by atoms with Gasteiger partial charge in [0.2, 0.25) is 5.75 Å². The lowest BCUT2D eigenvalue weighted by Gasteiger charge is -2.35. The van der Waals surface area contributed by atoms with Gasteiger partial charge in [-0.25, -0.2) is 24.1 Å². The molecule has 3 aromatic rings. The number of aromatic nitrogens is 3. The van der Waals surface area contributed by atoms with Crippen molar-refractivity contribution in [2.45, 2.75) is 18.6 Å². The Bertz CT molecular complexity index is 1230. The van der Waals surface area contributed by atoms with Crippen LogP contribution in [0.15, 0.2) is 30.5 Å². The maximum atomic E-state index is 14.3. The average molecular weight is 520 g/mol. The molecule has 192 valence electrons. The Kier molecular flexibility index (Phi) is 7.76. The molecule has 0 spiro atoms. The first-order chi connectivity index (χ1) is 17.3. The molecule has 0 aliphatic carbocycles. The van der Waals surface area contributed by atoms with E-state index in [-0.39, 0.29) is 31.0 Å². The Morgan fingerprint density at radius 3 is 2.50 bits per heavy atom. The first kappa shape index (κ1) is 25.5. The van der Waals surface area contributed by atoms with E-state index in [1.54, 1.807) is 24.3 Å². The van der Waals surface area contributed by atoms with Gasteiger partial charge in [-0.2, -0.15) is 5.06 Å². The van der Waals surface area contributed by atoms with E-state index in [1.165, 1.54) is 27.5 Å². The molecule has 36 heavy (non-hydrogen) atoms.